The molecule has 2 nitrogen and oxygen atoms in total. The van der Waals surface area contributed by atoms with E-state index in [0.29, 0.717) is 6.71 Å². The Hall–Kier alpha value is -2.29. The molecule has 2 aliphatic rings. The van der Waals surface area contributed by atoms with Crippen molar-refractivity contribution in [1.82, 2.24) is 9.55 Å². The van der Waals surface area contributed by atoms with E-state index in [9.17, 15) is 0 Å². The van der Waals surface area contributed by atoms with Crippen LogP contribution in [0.25, 0.3) is 0 Å². The molecular weight excluding hydrogens is 267 g/mol. The van der Waals surface area contributed by atoms with Crippen molar-refractivity contribution in [3.8, 4) is 0 Å². The molecule has 22 heavy (non-hydrogen) atoms. The summed E-state index contributed by atoms with van der Waals surface area (Å²) in [5.41, 5.74) is 11.5. The predicted octanol–water partition coefficient (Wildman–Crippen LogP) is 1.05. The van der Waals surface area contributed by atoms with Gasteiger partial charge in [-0.3, -0.25) is 0 Å². The fraction of sp³-hybridized carbons (Fsp3) is 0.211. The van der Waals surface area contributed by atoms with Crippen molar-refractivity contribution in [1.29, 1.82) is 0 Å². The van der Waals surface area contributed by atoms with E-state index >= 15 is 0 Å². The minimum Gasteiger partial charge on any atom is -0.345 e. The van der Waals surface area contributed by atoms with Crippen molar-refractivity contribution in [3.05, 3.63) is 70.7 Å². The van der Waals surface area contributed by atoms with E-state index < -0.39 is 0 Å². The van der Waals surface area contributed by atoms with Crippen LogP contribution in [0, 0.1) is 6.92 Å². The maximum absolute atomic E-state index is 4.67. The van der Waals surface area contributed by atoms with Crippen LogP contribution < -0.4 is 16.5 Å². The standard InChI is InChI=1S/C19H17BN2/c1-12-5-3-6-13-9-14-7-4-8-15-10-16-19(22(2)11-21-16)20(17(12)13)18(14)15/h3-8,11H,9-10H2,1-2H3. The maximum atomic E-state index is 4.67. The van der Waals surface area contributed by atoms with Gasteiger partial charge in [0, 0.05) is 19.1 Å². The smallest absolute Gasteiger partial charge is 0.266 e. The molecule has 0 saturated carbocycles. The number of benzene rings is 2. The van der Waals surface area contributed by atoms with E-state index in [2.05, 4.69) is 59.9 Å². The number of hydrogen-bond acceptors (Lipinski definition) is 1. The molecule has 3 aromatic rings. The largest absolute Gasteiger partial charge is 0.345 e. The fourth-order valence-electron chi connectivity index (χ4n) is 4.45. The van der Waals surface area contributed by atoms with Crippen LogP contribution in [-0.4, -0.2) is 16.3 Å². The maximum Gasteiger partial charge on any atom is 0.266 e. The molecule has 0 aliphatic carbocycles. The second-order valence-corrected chi connectivity index (χ2v) is 6.61. The van der Waals surface area contributed by atoms with Crippen LogP contribution in [0.5, 0.6) is 0 Å². The van der Waals surface area contributed by atoms with Gasteiger partial charge in [-0.1, -0.05) is 52.9 Å². The highest BCUT2D eigenvalue weighted by molar-refractivity contribution is 6.97. The van der Waals surface area contributed by atoms with E-state index in [-0.39, 0.29) is 0 Å². The van der Waals surface area contributed by atoms with E-state index in [1.165, 1.54) is 39.0 Å². The number of aryl methyl sites for hydroxylation is 2. The lowest BCUT2D eigenvalue weighted by Crippen LogP contribution is -2.63. The zero-order valence-corrected chi connectivity index (χ0v) is 12.9. The lowest BCUT2D eigenvalue weighted by molar-refractivity contribution is 0.937. The highest BCUT2D eigenvalue weighted by Crippen LogP contribution is 2.22. The quantitative estimate of drug-likeness (QED) is 0.389. The second-order valence-electron chi connectivity index (χ2n) is 6.61. The normalized spacial score (nSPS) is 14.4. The van der Waals surface area contributed by atoms with E-state index in [0.717, 1.165) is 12.8 Å². The van der Waals surface area contributed by atoms with Crippen molar-refractivity contribution in [2.75, 3.05) is 0 Å². The number of imidazole rings is 1. The highest BCUT2D eigenvalue weighted by atomic mass is 15.0. The van der Waals surface area contributed by atoms with E-state index in [1.807, 2.05) is 6.33 Å². The van der Waals surface area contributed by atoms with Crippen molar-refractivity contribution in [3.63, 3.8) is 0 Å². The Labute approximate surface area is 130 Å². The van der Waals surface area contributed by atoms with Gasteiger partial charge in [-0.05, 0) is 30.0 Å². The van der Waals surface area contributed by atoms with E-state index in [4.69, 9.17) is 0 Å². The van der Waals surface area contributed by atoms with Gasteiger partial charge in [0.2, 0.25) is 0 Å². The summed E-state index contributed by atoms with van der Waals surface area (Å²) in [7, 11) is 2.13. The molecule has 3 heteroatoms. The molecule has 0 N–H and O–H groups in total. The van der Waals surface area contributed by atoms with Crippen LogP contribution in [0.4, 0.5) is 0 Å². The third-order valence-corrected chi connectivity index (χ3v) is 5.35. The zero-order valence-electron chi connectivity index (χ0n) is 12.9. The van der Waals surface area contributed by atoms with Crippen LogP contribution in [0.15, 0.2) is 42.7 Å². The Morgan fingerprint density at radius 3 is 2.45 bits per heavy atom. The molecule has 0 bridgehead atoms. The molecule has 1 aromatic heterocycles. The van der Waals surface area contributed by atoms with Gasteiger partial charge in [0.15, 0.2) is 0 Å². The average Bonchev–Trinajstić information content (AvgIpc) is 2.88. The van der Waals surface area contributed by atoms with Gasteiger partial charge >= 0.3 is 0 Å². The summed E-state index contributed by atoms with van der Waals surface area (Å²) in [4.78, 5) is 4.67. The molecule has 0 spiro atoms. The number of rotatable bonds is 0. The number of hydrogen-bond donors (Lipinski definition) is 0. The highest BCUT2D eigenvalue weighted by Gasteiger charge is 2.39. The van der Waals surface area contributed by atoms with Crippen LogP contribution in [0.3, 0.4) is 0 Å². The summed E-state index contributed by atoms with van der Waals surface area (Å²) in [6.45, 7) is 2.60. The molecule has 0 radical (unpaired) electrons. The number of aromatic nitrogens is 2. The van der Waals surface area contributed by atoms with Gasteiger partial charge in [-0.15, -0.1) is 0 Å². The zero-order chi connectivity index (χ0) is 14.8. The molecular formula is C19H17BN2. The van der Waals surface area contributed by atoms with Crippen LogP contribution in [0.1, 0.15) is 27.9 Å². The first-order chi connectivity index (χ1) is 10.7. The Morgan fingerprint density at radius 1 is 0.955 bits per heavy atom. The molecule has 0 atom stereocenters. The summed E-state index contributed by atoms with van der Waals surface area (Å²) >= 11 is 0. The summed E-state index contributed by atoms with van der Waals surface area (Å²) in [6, 6.07) is 13.5. The second kappa shape index (κ2) is 4.13. The van der Waals surface area contributed by atoms with Gasteiger partial charge in [0.05, 0.1) is 12.0 Å². The molecule has 0 fully saturated rings. The van der Waals surface area contributed by atoms with Gasteiger partial charge in [-0.25, -0.2) is 4.98 Å². The van der Waals surface area contributed by atoms with Crippen LogP contribution in [0.2, 0.25) is 0 Å². The monoisotopic (exact) mass is 284 g/mol. The lowest BCUT2D eigenvalue weighted by atomic mass is 9.32. The summed E-state index contributed by atoms with van der Waals surface area (Å²) in [5.74, 6) is 0. The number of nitrogens with zero attached hydrogens (tertiary/aromatic N) is 2. The molecule has 0 saturated heterocycles. The molecule has 5 rings (SSSR count). The Balaban J connectivity index is 1.91. The Bertz CT molecular complexity index is 906. The SMILES string of the molecule is Cc1cccc2c1B1c3c(cccc3Cc3ncn(C)c31)C2. The van der Waals surface area contributed by atoms with Gasteiger partial charge in [0.1, 0.15) is 0 Å². The minimum atomic E-state index is 0.354. The molecule has 0 amide bonds. The first-order valence-electron chi connectivity index (χ1n) is 7.93. The summed E-state index contributed by atoms with van der Waals surface area (Å²) < 4.78 is 2.22. The van der Waals surface area contributed by atoms with Crippen molar-refractivity contribution < 1.29 is 0 Å². The van der Waals surface area contributed by atoms with Gasteiger partial charge < -0.3 is 4.57 Å². The van der Waals surface area contributed by atoms with Crippen molar-refractivity contribution in [2.24, 2.45) is 7.05 Å². The first-order valence-corrected chi connectivity index (χ1v) is 7.93. The van der Waals surface area contributed by atoms with Crippen LogP contribution in [-0.2, 0) is 19.9 Å². The Morgan fingerprint density at radius 2 is 1.64 bits per heavy atom. The summed E-state index contributed by atoms with van der Waals surface area (Å²) in [6.07, 6.45) is 4.00. The first kappa shape index (κ1) is 12.3. The third-order valence-electron chi connectivity index (χ3n) is 5.35. The number of fused-ring (bicyclic) bond motifs is 4. The lowest BCUT2D eigenvalue weighted by Gasteiger charge is -2.33. The minimum absolute atomic E-state index is 0.354. The molecule has 0 unspecified atom stereocenters. The van der Waals surface area contributed by atoms with Crippen LogP contribution >= 0.6 is 0 Å². The van der Waals surface area contributed by atoms with Crippen molar-refractivity contribution >= 4 is 23.2 Å². The fourth-order valence-corrected chi connectivity index (χ4v) is 4.45. The predicted molar refractivity (Wildman–Crippen MR) is 91.1 cm³/mol. The Kier molecular flexibility index (Phi) is 2.30. The molecule has 106 valence electrons. The third kappa shape index (κ3) is 1.44. The molecule has 2 aromatic carbocycles. The molecule has 2 aliphatic heterocycles. The van der Waals surface area contributed by atoms with E-state index in [1.54, 1.807) is 5.46 Å². The van der Waals surface area contributed by atoms with Gasteiger partial charge in [-0.2, -0.15) is 0 Å². The topological polar surface area (TPSA) is 17.8 Å². The summed E-state index contributed by atoms with van der Waals surface area (Å²) in [5, 5.41) is 0. The average molecular weight is 284 g/mol. The van der Waals surface area contributed by atoms with Gasteiger partial charge in [0.25, 0.3) is 6.71 Å². The van der Waals surface area contributed by atoms with Crippen molar-refractivity contribution in [2.45, 2.75) is 19.8 Å². The molecule has 3 heterocycles.